The maximum Gasteiger partial charge on any atom is 0.238 e. The fourth-order valence-electron chi connectivity index (χ4n) is 1.53. The van der Waals surface area contributed by atoms with E-state index in [1.165, 1.54) is 11.8 Å². The second-order valence-corrected chi connectivity index (χ2v) is 7.05. The molecule has 0 aliphatic carbocycles. The summed E-state index contributed by atoms with van der Waals surface area (Å²) in [5.41, 5.74) is 0.975. The van der Waals surface area contributed by atoms with Crippen LogP contribution in [0.1, 0.15) is 50.2 Å². The average Bonchev–Trinajstić information content (AvgIpc) is 3.05. The van der Waals surface area contributed by atoms with Gasteiger partial charge < -0.3 is 9.73 Å². The van der Waals surface area contributed by atoms with E-state index in [4.69, 9.17) is 4.42 Å². The van der Waals surface area contributed by atoms with Crippen molar-refractivity contribution in [2.75, 3.05) is 5.75 Å². The molecule has 2 aromatic heterocycles. The monoisotopic (exact) mass is 326 g/mol. The van der Waals surface area contributed by atoms with Gasteiger partial charge in [-0.3, -0.25) is 4.79 Å². The van der Waals surface area contributed by atoms with E-state index in [2.05, 4.69) is 20.5 Å². The van der Waals surface area contributed by atoms with Crippen LogP contribution in [0.2, 0.25) is 0 Å². The van der Waals surface area contributed by atoms with Crippen molar-refractivity contribution in [2.45, 2.75) is 44.0 Å². The fourth-order valence-corrected chi connectivity index (χ4v) is 3.19. The quantitative estimate of drug-likeness (QED) is 0.822. The lowest BCUT2D eigenvalue weighted by Gasteiger charge is -2.09. The first kappa shape index (κ1) is 16.0. The molecule has 1 N–H and O–H groups in total. The predicted octanol–water partition coefficient (Wildman–Crippen LogP) is 2.93. The van der Waals surface area contributed by atoms with E-state index in [0.29, 0.717) is 17.5 Å². The van der Waals surface area contributed by atoms with E-state index in [0.717, 1.165) is 10.0 Å². The normalized spacial score (nSPS) is 12.6. The van der Waals surface area contributed by atoms with Crippen molar-refractivity contribution in [1.29, 1.82) is 0 Å². The SMILES string of the molecule is Cc1csc(SCC(=O)NC(C)c2nnc(C(C)C)o2)n1. The molecule has 1 amide bonds. The molecule has 0 spiro atoms. The summed E-state index contributed by atoms with van der Waals surface area (Å²) in [5, 5.41) is 12.7. The van der Waals surface area contributed by atoms with Crippen molar-refractivity contribution >= 4 is 29.0 Å². The molecular weight excluding hydrogens is 308 g/mol. The summed E-state index contributed by atoms with van der Waals surface area (Å²) in [6.07, 6.45) is 0. The van der Waals surface area contributed by atoms with Gasteiger partial charge in [0.25, 0.3) is 0 Å². The summed E-state index contributed by atoms with van der Waals surface area (Å²) in [6, 6.07) is -0.295. The molecule has 21 heavy (non-hydrogen) atoms. The van der Waals surface area contributed by atoms with Crippen LogP contribution in [0.4, 0.5) is 0 Å². The lowest BCUT2D eigenvalue weighted by molar-refractivity contribution is -0.119. The maximum atomic E-state index is 11.9. The number of aromatic nitrogens is 3. The molecule has 114 valence electrons. The average molecular weight is 326 g/mol. The zero-order valence-corrected chi connectivity index (χ0v) is 14.0. The Morgan fingerprint density at radius 1 is 1.38 bits per heavy atom. The highest BCUT2D eigenvalue weighted by Crippen LogP contribution is 2.22. The Morgan fingerprint density at radius 2 is 2.10 bits per heavy atom. The van der Waals surface area contributed by atoms with Crippen LogP contribution in [0.15, 0.2) is 14.1 Å². The number of hydrogen-bond acceptors (Lipinski definition) is 7. The minimum atomic E-state index is -0.295. The Kier molecular flexibility index (Phi) is 5.35. The maximum absolute atomic E-state index is 11.9. The minimum absolute atomic E-state index is 0.0790. The number of nitrogens with one attached hydrogen (secondary N) is 1. The van der Waals surface area contributed by atoms with Crippen molar-refractivity contribution in [3.8, 4) is 0 Å². The van der Waals surface area contributed by atoms with Crippen LogP contribution in [0.3, 0.4) is 0 Å². The molecule has 0 bridgehead atoms. The van der Waals surface area contributed by atoms with Crippen molar-refractivity contribution in [2.24, 2.45) is 0 Å². The summed E-state index contributed by atoms with van der Waals surface area (Å²) in [4.78, 5) is 16.2. The first-order valence-corrected chi connectivity index (χ1v) is 8.49. The van der Waals surface area contributed by atoms with E-state index in [1.807, 2.05) is 33.1 Å². The molecule has 0 fully saturated rings. The van der Waals surface area contributed by atoms with Crippen molar-refractivity contribution in [3.63, 3.8) is 0 Å². The summed E-state index contributed by atoms with van der Waals surface area (Å²) in [7, 11) is 0. The molecule has 0 radical (unpaired) electrons. The van der Waals surface area contributed by atoms with Gasteiger partial charge in [-0.2, -0.15) is 0 Å². The Bertz CT molecular complexity index is 609. The summed E-state index contributed by atoms with van der Waals surface area (Å²) < 4.78 is 6.42. The summed E-state index contributed by atoms with van der Waals surface area (Å²) >= 11 is 2.97. The predicted molar refractivity (Wildman–Crippen MR) is 82.5 cm³/mol. The fraction of sp³-hybridized carbons (Fsp3) is 0.538. The van der Waals surface area contributed by atoms with Crippen LogP contribution < -0.4 is 5.32 Å². The Labute approximate surface area is 131 Å². The molecule has 2 rings (SSSR count). The summed E-state index contributed by atoms with van der Waals surface area (Å²) in [6.45, 7) is 7.72. The highest BCUT2D eigenvalue weighted by molar-refractivity contribution is 8.01. The summed E-state index contributed by atoms with van der Waals surface area (Å²) in [5.74, 6) is 1.44. The molecular formula is C13H18N4O2S2. The van der Waals surface area contributed by atoms with Gasteiger partial charge in [0, 0.05) is 17.0 Å². The molecule has 1 unspecified atom stereocenters. The van der Waals surface area contributed by atoms with Crippen LogP contribution in [0.5, 0.6) is 0 Å². The molecule has 1 atom stereocenters. The lowest BCUT2D eigenvalue weighted by Crippen LogP contribution is -2.28. The number of thioether (sulfide) groups is 1. The number of hydrogen-bond donors (Lipinski definition) is 1. The molecule has 2 heterocycles. The first-order valence-electron chi connectivity index (χ1n) is 6.63. The van der Waals surface area contributed by atoms with Gasteiger partial charge in [0.1, 0.15) is 6.04 Å². The van der Waals surface area contributed by atoms with Crippen LogP contribution in [0, 0.1) is 6.92 Å². The molecule has 0 aliphatic rings. The van der Waals surface area contributed by atoms with Gasteiger partial charge in [-0.15, -0.1) is 21.5 Å². The van der Waals surface area contributed by atoms with E-state index in [1.54, 1.807) is 11.3 Å². The highest BCUT2D eigenvalue weighted by Gasteiger charge is 2.17. The second-order valence-electron chi connectivity index (χ2n) is 4.97. The third-order valence-electron chi connectivity index (χ3n) is 2.62. The lowest BCUT2D eigenvalue weighted by atomic mass is 10.2. The smallest absolute Gasteiger partial charge is 0.238 e. The van der Waals surface area contributed by atoms with Crippen molar-refractivity contribution in [1.82, 2.24) is 20.5 Å². The van der Waals surface area contributed by atoms with E-state index in [9.17, 15) is 4.79 Å². The van der Waals surface area contributed by atoms with Crippen LogP contribution >= 0.6 is 23.1 Å². The number of rotatable bonds is 6. The zero-order chi connectivity index (χ0) is 15.4. The van der Waals surface area contributed by atoms with Crippen LogP contribution in [0.25, 0.3) is 0 Å². The van der Waals surface area contributed by atoms with Crippen LogP contribution in [-0.4, -0.2) is 26.8 Å². The van der Waals surface area contributed by atoms with Crippen LogP contribution in [-0.2, 0) is 4.79 Å². The van der Waals surface area contributed by atoms with Gasteiger partial charge in [0.2, 0.25) is 17.7 Å². The standard InChI is InChI=1S/C13H18N4O2S2/c1-7(2)11-16-17-12(19-11)9(4)15-10(18)6-21-13-14-8(3)5-20-13/h5,7,9H,6H2,1-4H3,(H,15,18). The second kappa shape index (κ2) is 7.04. The minimum Gasteiger partial charge on any atom is -0.423 e. The Balaban J connectivity index is 1.83. The molecule has 6 nitrogen and oxygen atoms in total. The molecule has 0 aliphatic heterocycles. The van der Waals surface area contributed by atoms with E-state index < -0.39 is 0 Å². The number of thiazole rings is 1. The molecule has 2 aromatic rings. The zero-order valence-electron chi connectivity index (χ0n) is 12.4. The van der Waals surface area contributed by atoms with Gasteiger partial charge in [0.15, 0.2) is 4.34 Å². The van der Waals surface area contributed by atoms with Gasteiger partial charge >= 0.3 is 0 Å². The van der Waals surface area contributed by atoms with Gasteiger partial charge in [-0.05, 0) is 13.8 Å². The number of nitrogens with zero attached hydrogens (tertiary/aromatic N) is 3. The highest BCUT2D eigenvalue weighted by atomic mass is 32.2. The topological polar surface area (TPSA) is 80.9 Å². The molecule has 0 saturated carbocycles. The Hall–Kier alpha value is -1.41. The molecule has 8 heteroatoms. The molecule has 0 aromatic carbocycles. The number of aryl methyl sites for hydroxylation is 1. The van der Waals surface area contributed by atoms with Crippen molar-refractivity contribution in [3.05, 3.63) is 22.9 Å². The number of amides is 1. The largest absolute Gasteiger partial charge is 0.423 e. The van der Waals surface area contributed by atoms with Gasteiger partial charge in [-0.1, -0.05) is 25.6 Å². The molecule has 0 saturated heterocycles. The number of carbonyl (C=O) groups excluding carboxylic acids is 1. The Morgan fingerprint density at radius 3 is 2.67 bits per heavy atom. The van der Waals surface area contributed by atoms with E-state index in [-0.39, 0.29) is 17.9 Å². The van der Waals surface area contributed by atoms with Gasteiger partial charge in [-0.25, -0.2) is 4.98 Å². The third kappa shape index (κ3) is 4.53. The number of carbonyl (C=O) groups is 1. The van der Waals surface area contributed by atoms with Gasteiger partial charge in [0.05, 0.1) is 5.75 Å². The third-order valence-corrected chi connectivity index (χ3v) is 4.76. The first-order chi connectivity index (χ1) is 9.95. The van der Waals surface area contributed by atoms with E-state index >= 15 is 0 Å². The van der Waals surface area contributed by atoms with Crippen molar-refractivity contribution < 1.29 is 9.21 Å².